The van der Waals surface area contributed by atoms with Crippen LogP contribution in [0.4, 0.5) is 11.5 Å². The number of nitrogens with two attached hydrogens (primary N) is 1. The summed E-state index contributed by atoms with van der Waals surface area (Å²) >= 11 is 0. The van der Waals surface area contributed by atoms with Crippen molar-refractivity contribution in [3.63, 3.8) is 0 Å². The number of hydrogen-bond donors (Lipinski definition) is 3. The average Bonchev–Trinajstić information content (AvgIpc) is 3.10. The fourth-order valence-corrected chi connectivity index (χ4v) is 2.70. The number of rotatable bonds is 3. The van der Waals surface area contributed by atoms with Gasteiger partial charge >= 0.3 is 0 Å². The zero-order valence-electron chi connectivity index (χ0n) is 12.7. The Kier molecular flexibility index (Phi) is 3.28. The van der Waals surface area contributed by atoms with E-state index in [0.29, 0.717) is 17.1 Å². The van der Waals surface area contributed by atoms with Crippen LogP contribution >= 0.6 is 0 Å². The van der Waals surface area contributed by atoms with Gasteiger partial charge in [-0.05, 0) is 36.4 Å². The number of carbonyl (C=O) groups is 1. The van der Waals surface area contributed by atoms with Gasteiger partial charge in [-0.15, -0.1) is 0 Å². The molecule has 2 aromatic heterocycles. The first-order chi connectivity index (χ1) is 11.7. The van der Waals surface area contributed by atoms with Crippen LogP contribution in [0, 0.1) is 0 Å². The van der Waals surface area contributed by atoms with Gasteiger partial charge in [0.05, 0.1) is 22.1 Å². The largest absolute Gasteiger partial charge is 0.398 e. The summed E-state index contributed by atoms with van der Waals surface area (Å²) in [6.07, 6.45) is 1.96. The number of aromatic nitrogens is 2. The SMILES string of the molecule is Nc1ccccc1C(=O)NNc1nc2ccccc2n2cccc12. The first-order valence-corrected chi connectivity index (χ1v) is 7.51. The average molecular weight is 317 g/mol. The van der Waals surface area contributed by atoms with Crippen LogP contribution in [-0.2, 0) is 0 Å². The predicted molar refractivity (Wildman–Crippen MR) is 94.6 cm³/mol. The lowest BCUT2D eigenvalue weighted by Crippen LogP contribution is -2.30. The van der Waals surface area contributed by atoms with Gasteiger partial charge in [-0.3, -0.25) is 15.6 Å². The Morgan fingerprint density at radius 1 is 0.958 bits per heavy atom. The molecule has 2 heterocycles. The van der Waals surface area contributed by atoms with E-state index in [1.807, 2.05) is 47.0 Å². The van der Waals surface area contributed by atoms with Crippen LogP contribution in [0.15, 0.2) is 66.9 Å². The van der Waals surface area contributed by atoms with Crippen LogP contribution < -0.4 is 16.6 Å². The number of nitrogens with zero attached hydrogens (tertiary/aromatic N) is 2. The molecular weight excluding hydrogens is 302 g/mol. The quantitative estimate of drug-likeness (QED) is 0.401. The van der Waals surface area contributed by atoms with Crippen molar-refractivity contribution in [2.24, 2.45) is 0 Å². The summed E-state index contributed by atoms with van der Waals surface area (Å²) in [7, 11) is 0. The van der Waals surface area contributed by atoms with Crippen molar-refractivity contribution in [2.45, 2.75) is 0 Å². The maximum Gasteiger partial charge on any atom is 0.271 e. The second kappa shape index (κ2) is 5.58. The fourth-order valence-electron chi connectivity index (χ4n) is 2.70. The number of hydrogen-bond acceptors (Lipinski definition) is 4. The number of carbonyl (C=O) groups excluding carboxylic acids is 1. The molecular formula is C18H15N5O. The highest BCUT2D eigenvalue weighted by Gasteiger charge is 2.11. The molecule has 1 amide bonds. The number of nitrogen functional groups attached to an aromatic ring is 1. The Balaban J connectivity index is 1.68. The normalized spacial score (nSPS) is 10.8. The van der Waals surface area contributed by atoms with Gasteiger partial charge in [0, 0.05) is 11.9 Å². The molecule has 118 valence electrons. The van der Waals surface area contributed by atoms with E-state index in [4.69, 9.17) is 5.73 Å². The zero-order valence-corrected chi connectivity index (χ0v) is 12.7. The minimum Gasteiger partial charge on any atom is -0.398 e. The molecule has 0 saturated carbocycles. The Bertz CT molecular complexity index is 1050. The highest BCUT2D eigenvalue weighted by molar-refractivity contribution is 6.00. The lowest BCUT2D eigenvalue weighted by Gasteiger charge is -2.12. The van der Waals surface area contributed by atoms with Crippen LogP contribution in [0.2, 0.25) is 0 Å². The van der Waals surface area contributed by atoms with Crippen molar-refractivity contribution in [1.29, 1.82) is 0 Å². The Labute approximate surface area is 137 Å². The van der Waals surface area contributed by atoms with Crippen molar-refractivity contribution in [3.05, 3.63) is 72.4 Å². The smallest absolute Gasteiger partial charge is 0.271 e. The van der Waals surface area contributed by atoms with E-state index in [1.54, 1.807) is 24.3 Å². The van der Waals surface area contributed by atoms with E-state index in [0.717, 1.165) is 16.6 Å². The maximum atomic E-state index is 12.3. The van der Waals surface area contributed by atoms with Gasteiger partial charge in [0.1, 0.15) is 0 Å². The molecule has 6 nitrogen and oxygen atoms in total. The molecule has 0 atom stereocenters. The summed E-state index contributed by atoms with van der Waals surface area (Å²) in [5.74, 6) is 0.259. The molecule has 4 N–H and O–H groups in total. The van der Waals surface area contributed by atoms with E-state index >= 15 is 0 Å². The van der Waals surface area contributed by atoms with E-state index in [1.165, 1.54) is 0 Å². The molecule has 4 rings (SSSR count). The van der Waals surface area contributed by atoms with Crippen LogP contribution in [0.5, 0.6) is 0 Å². The summed E-state index contributed by atoms with van der Waals surface area (Å²) in [6, 6.07) is 18.6. The minimum atomic E-state index is -0.312. The van der Waals surface area contributed by atoms with Gasteiger partial charge in [-0.2, -0.15) is 0 Å². The lowest BCUT2D eigenvalue weighted by molar-refractivity contribution is 0.0963. The number of nitrogens with one attached hydrogen (secondary N) is 2. The molecule has 4 aromatic rings. The van der Waals surface area contributed by atoms with Crippen LogP contribution in [0.1, 0.15) is 10.4 Å². The molecule has 0 aliphatic rings. The topological polar surface area (TPSA) is 84.5 Å². The van der Waals surface area contributed by atoms with Gasteiger partial charge in [-0.1, -0.05) is 24.3 Å². The monoisotopic (exact) mass is 317 g/mol. The molecule has 0 saturated heterocycles. The van der Waals surface area contributed by atoms with Crippen LogP contribution in [0.3, 0.4) is 0 Å². The van der Waals surface area contributed by atoms with Gasteiger partial charge in [0.15, 0.2) is 5.82 Å². The number of para-hydroxylation sites is 3. The van der Waals surface area contributed by atoms with Gasteiger partial charge in [0.25, 0.3) is 5.91 Å². The van der Waals surface area contributed by atoms with Crippen molar-refractivity contribution < 1.29 is 4.79 Å². The summed E-state index contributed by atoms with van der Waals surface area (Å²) in [5.41, 5.74) is 14.9. The molecule has 2 aromatic carbocycles. The molecule has 0 unspecified atom stereocenters. The Morgan fingerprint density at radius 2 is 1.71 bits per heavy atom. The van der Waals surface area contributed by atoms with E-state index in [9.17, 15) is 4.79 Å². The minimum absolute atomic E-state index is 0.312. The molecule has 0 fully saturated rings. The second-order valence-corrected chi connectivity index (χ2v) is 5.38. The second-order valence-electron chi connectivity index (χ2n) is 5.38. The Morgan fingerprint density at radius 3 is 2.58 bits per heavy atom. The number of fused-ring (bicyclic) bond motifs is 3. The molecule has 0 spiro atoms. The van der Waals surface area contributed by atoms with E-state index < -0.39 is 0 Å². The zero-order chi connectivity index (χ0) is 16.5. The summed E-state index contributed by atoms with van der Waals surface area (Å²) in [4.78, 5) is 16.9. The Hall–Kier alpha value is -3.54. The molecule has 0 aliphatic heterocycles. The predicted octanol–water partition coefficient (Wildman–Crippen LogP) is 2.83. The first-order valence-electron chi connectivity index (χ1n) is 7.51. The molecule has 0 bridgehead atoms. The van der Waals surface area contributed by atoms with Crippen molar-refractivity contribution in [2.75, 3.05) is 11.2 Å². The standard InChI is InChI=1S/C18H15N5O/c19-13-7-2-1-6-12(13)18(24)22-21-17-16-10-5-11-23(16)15-9-4-3-8-14(15)20-17/h1-11H,19H2,(H,20,21)(H,22,24). The lowest BCUT2D eigenvalue weighted by atomic mass is 10.2. The molecule has 0 aliphatic carbocycles. The fraction of sp³-hybridized carbons (Fsp3) is 0. The number of anilines is 2. The third-order valence-electron chi connectivity index (χ3n) is 3.86. The van der Waals surface area contributed by atoms with Crippen LogP contribution in [0.25, 0.3) is 16.6 Å². The number of amides is 1. The highest BCUT2D eigenvalue weighted by Crippen LogP contribution is 2.21. The summed E-state index contributed by atoms with van der Waals surface area (Å²) in [6.45, 7) is 0. The highest BCUT2D eigenvalue weighted by atomic mass is 16.2. The van der Waals surface area contributed by atoms with Gasteiger partial charge in [-0.25, -0.2) is 4.98 Å². The van der Waals surface area contributed by atoms with E-state index in [-0.39, 0.29) is 5.91 Å². The maximum absolute atomic E-state index is 12.3. The van der Waals surface area contributed by atoms with Crippen molar-refractivity contribution in [1.82, 2.24) is 14.8 Å². The van der Waals surface area contributed by atoms with Crippen molar-refractivity contribution in [3.8, 4) is 0 Å². The summed E-state index contributed by atoms with van der Waals surface area (Å²) < 4.78 is 2.02. The van der Waals surface area contributed by atoms with E-state index in [2.05, 4.69) is 15.8 Å². The third-order valence-corrected chi connectivity index (χ3v) is 3.86. The van der Waals surface area contributed by atoms with Gasteiger partial charge in [0.2, 0.25) is 0 Å². The molecule has 24 heavy (non-hydrogen) atoms. The van der Waals surface area contributed by atoms with Crippen LogP contribution in [-0.4, -0.2) is 15.3 Å². The molecule has 6 heteroatoms. The third kappa shape index (κ3) is 2.30. The summed E-state index contributed by atoms with van der Waals surface area (Å²) in [5, 5.41) is 0. The number of benzene rings is 2. The first kappa shape index (κ1) is 14.1. The number of hydrazine groups is 1. The molecule has 0 radical (unpaired) electrons. The van der Waals surface area contributed by atoms with Crippen molar-refractivity contribution >= 4 is 34.0 Å². The van der Waals surface area contributed by atoms with Gasteiger partial charge < -0.3 is 10.1 Å².